The third-order valence-electron chi connectivity index (χ3n) is 4.43. The molecule has 1 rings (SSSR count). The molecule has 0 aromatic rings. The third-order valence-corrected chi connectivity index (χ3v) is 4.43. The summed E-state index contributed by atoms with van der Waals surface area (Å²) < 4.78 is 0. The summed E-state index contributed by atoms with van der Waals surface area (Å²) in [7, 11) is 0. The van der Waals surface area contributed by atoms with Gasteiger partial charge in [0.1, 0.15) is 5.54 Å². The van der Waals surface area contributed by atoms with Gasteiger partial charge < -0.3 is 15.7 Å². The number of rotatable bonds is 7. The van der Waals surface area contributed by atoms with Crippen LogP contribution in [0.15, 0.2) is 0 Å². The normalized spacial score (nSPS) is 24.7. The summed E-state index contributed by atoms with van der Waals surface area (Å²) in [4.78, 5) is 13.4. The summed E-state index contributed by atoms with van der Waals surface area (Å²) >= 11 is 0. The predicted molar refractivity (Wildman–Crippen MR) is 78.2 cm³/mol. The molecule has 4 nitrogen and oxygen atoms in total. The van der Waals surface area contributed by atoms with Crippen LogP contribution in [0.1, 0.15) is 58.8 Å². The number of carboxylic acids is 1. The second kappa shape index (κ2) is 7.85. The Morgan fingerprint density at radius 3 is 2.74 bits per heavy atom. The maximum Gasteiger partial charge on any atom is 0.323 e. The summed E-state index contributed by atoms with van der Waals surface area (Å²) in [6.45, 7) is 7.39. The quantitative estimate of drug-likeness (QED) is 0.697. The molecule has 2 unspecified atom stereocenters. The monoisotopic (exact) mass is 270 g/mol. The molecular formula is C15H30N2O2. The van der Waals surface area contributed by atoms with Gasteiger partial charge in [-0.25, -0.2) is 0 Å². The van der Waals surface area contributed by atoms with E-state index in [-0.39, 0.29) is 0 Å². The number of carbonyl (C=O) groups is 1. The first-order chi connectivity index (χ1) is 8.95. The summed E-state index contributed by atoms with van der Waals surface area (Å²) in [6, 6.07) is 0. The summed E-state index contributed by atoms with van der Waals surface area (Å²) in [5, 5.41) is 8.95. The molecule has 19 heavy (non-hydrogen) atoms. The first-order valence-electron chi connectivity index (χ1n) is 7.70. The molecule has 1 aliphatic heterocycles. The molecule has 112 valence electrons. The van der Waals surface area contributed by atoms with E-state index in [9.17, 15) is 4.79 Å². The molecule has 0 spiro atoms. The standard InChI is InChI=1S/C15H30N2O2/c1-3-13-7-6-11-17(12-8-13)10-5-4-9-15(2,16)14(18)19/h13H,3-12,16H2,1-2H3,(H,18,19). The molecule has 1 fully saturated rings. The minimum absolute atomic E-state index is 0.563. The summed E-state index contributed by atoms with van der Waals surface area (Å²) in [5.74, 6) is 0.0115. The number of nitrogens with zero attached hydrogens (tertiary/aromatic N) is 1. The van der Waals surface area contributed by atoms with Crippen LogP contribution in [0.4, 0.5) is 0 Å². The smallest absolute Gasteiger partial charge is 0.323 e. The van der Waals surface area contributed by atoms with Gasteiger partial charge in [0.25, 0.3) is 0 Å². The Labute approximate surface area is 117 Å². The lowest BCUT2D eigenvalue weighted by Crippen LogP contribution is -2.44. The van der Waals surface area contributed by atoms with Gasteiger partial charge in [-0.3, -0.25) is 4.79 Å². The Hall–Kier alpha value is -0.610. The molecule has 4 heteroatoms. The van der Waals surface area contributed by atoms with Crippen molar-refractivity contribution in [1.82, 2.24) is 4.90 Å². The van der Waals surface area contributed by atoms with Crippen LogP contribution in [0.3, 0.4) is 0 Å². The molecule has 0 aliphatic carbocycles. The van der Waals surface area contributed by atoms with Crippen molar-refractivity contribution < 1.29 is 9.90 Å². The van der Waals surface area contributed by atoms with Crippen LogP contribution in [-0.4, -0.2) is 41.1 Å². The topological polar surface area (TPSA) is 66.6 Å². The van der Waals surface area contributed by atoms with Gasteiger partial charge in [-0.15, -0.1) is 0 Å². The van der Waals surface area contributed by atoms with Crippen LogP contribution in [0.25, 0.3) is 0 Å². The highest BCUT2D eigenvalue weighted by atomic mass is 16.4. The van der Waals surface area contributed by atoms with Crippen molar-refractivity contribution in [3.63, 3.8) is 0 Å². The molecule has 1 saturated heterocycles. The zero-order valence-electron chi connectivity index (χ0n) is 12.5. The molecule has 0 bridgehead atoms. The maximum absolute atomic E-state index is 10.9. The number of hydrogen-bond acceptors (Lipinski definition) is 3. The first-order valence-corrected chi connectivity index (χ1v) is 7.70. The Morgan fingerprint density at radius 1 is 1.37 bits per heavy atom. The van der Waals surface area contributed by atoms with Gasteiger partial charge in [0.2, 0.25) is 0 Å². The highest BCUT2D eigenvalue weighted by molar-refractivity contribution is 5.77. The van der Waals surface area contributed by atoms with Crippen molar-refractivity contribution >= 4 is 5.97 Å². The second-order valence-electron chi connectivity index (χ2n) is 6.23. The molecule has 0 radical (unpaired) electrons. The lowest BCUT2D eigenvalue weighted by molar-refractivity contribution is -0.142. The van der Waals surface area contributed by atoms with Gasteiger partial charge in [0.05, 0.1) is 0 Å². The lowest BCUT2D eigenvalue weighted by Gasteiger charge is -2.22. The molecule has 0 saturated carbocycles. The Bertz CT molecular complexity index is 279. The molecule has 1 aliphatic rings. The van der Waals surface area contributed by atoms with E-state index in [0.717, 1.165) is 25.3 Å². The fourth-order valence-corrected chi connectivity index (χ4v) is 2.79. The number of aliphatic carboxylic acids is 1. The van der Waals surface area contributed by atoms with Crippen molar-refractivity contribution in [1.29, 1.82) is 0 Å². The van der Waals surface area contributed by atoms with Crippen LogP contribution < -0.4 is 5.73 Å². The van der Waals surface area contributed by atoms with Crippen molar-refractivity contribution in [2.24, 2.45) is 11.7 Å². The van der Waals surface area contributed by atoms with Crippen LogP contribution >= 0.6 is 0 Å². The summed E-state index contributed by atoms with van der Waals surface area (Å²) in [6.07, 6.45) is 7.81. The first kappa shape index (κ1) is 16.4. The summed E-state index contributed by atoms with van der Waals surface area (Å²) in [5.41, 5.74) is 4.66. The number of carboxylic acid groups (broad SMARTS) is 1. The molecule has 0 amide bonds. The van der Waals surface area contributed by atoms with Crippen LogP contribution in [0.5, 0.6) is 0 Å². The van der Waals surface area contributed by atoms with E-state index in [4.69, 9.17) is 10.8 Å². The highest BCUT2D eigenvalue weighted by Crippen LogP contribution is 2.20. The van der Waals surface area contributed by atoms with Gasteiger partial charge in [0.15, 0.2) is 0 Å². The minimum Gasteiger partial charge on any atom is -0.480 e. The van der Waals surface area contributed by atoms with Crippen molar-refractivity contribution in [2.75, 3.05) is 19.6 Å². The van der Waals surface area contributed by atoms with Crippen LogP contribution in [0.2, 0.25) is 0 Å². The van der Waals surface area contributed by atoms with E-state index in [1.807, 2.05) is 0 Å². The Balaban J connectivity index is 2.17. The largest absolute Gasteiger partial charge is 0.480 e. The Morgan fingerprint density at radius 2 is 2.11 bits per heavy atom. The van der Waals surface area contributed by atoms with E-state index in [1.54, 1.807) is 6.92 Å². The number of hydrogen-bond donors (Lipinski definition) is 2. The number of nitrogens with two attached hydrogens (primary N) is 1. The van der Waals surface area contributed by atoms with E-state index in [2.05, 4.69) is 11.8 Å². The van der Waals surface area contributed by atoms with Crippen LogP contribution in [0, 0.1) is 5.92 Å². The van der Waals surface area contributed by atoms with Crippen molar-refractivity contribution in [3.05, 3.63) is 0 Å². The van der Waals surface area contributed by atoms with Crippen molar-refractivity contribution in [3.8, 4) is 0 Å². The van der Waals surface area contributed by atoms with E-state index < -0.39 is 11.5 Å². The van der Waals surface area contributed by atoms with Gasteiger partial charge in [-0.1, -0.05) is 13.3 Å². The van der Waals surface area contributed by atoms with Gasteiger partial charge in [-0.05, 0) is 71.0 Å². The SMILES string of the molecule is CCC1CCCN(CCCCC(C)(N)C(=O)O)CC1. The Kier molecular flexibility index (Phi) is 6.80. The highest BCUT2D eigenvalue weighted by Gasteiger charge is 2.26. The molecule has 0 aromatic carbocycles. The molecule has 0 aromatic heterocycles. The van der Waals surface area contributed by atoms with Crippen molar-refractivity contribution in [2.45, 2.75) is 64.3 Å². The van der Waals surface area contributed by atoms with Crippen LogP contribution in [-0.2, 0) is 4.79 Å². The predicted octanol–water partition coefficient (Wildman–Crippen LogP) is 2.47. The van der Waals surface area contributed by atoms with Gasteiger partial charge >= 0.3 is 5.97 Å². The zero-order chi connectivity index (χ0) is 14.3. The average molecular weight is 270 g/mol. The maximum atomic E-state index is 10.9. The molecular weight excluding hydrogens is 240 g/mol. The fourth-order valence-electron chi connectivity index (χ4n) is 2.79. The average Bonchev–Trinajstić information content (AvgIpc) is 2.59. The van der Waals surface area contributed by atoms with Gasteiger partial charge in [0, 0.05) is 0 Å². The molecule has 2 atom stereocenters. The minimum atomic E-state index is -1.06. The number of likely N-dealkylation sites (tertiary alicyclic amines) is 1. The van der Waals surface area contributed by atoms with E-state index in [0.29, 0.717) is 6.42 Å². The third kappa shape index (κ3) is 5.91. The molecule has 1 heterocycles. The van der Waals surface area contributed by atoms with E-state index in [1.165, 1.54) is 38.8 Å². The molecule has 3 N–H and O–H groups in total. The zero-order valence-corrected chi connectivity index (χ0v) is 12.5. The lowest BCUT2D eigenvalue weighted by atomic mass is 9.96. The van der Waals surface area contributed by atoms with E-state index >= 15 is 0 Å². The fraction of sp³-hybridized carbons (Fsp3) is 0.933. The number of unbranched alkanes of at least 4 members (excludes halogenated alkanes) is 1. The second-order valence-corrected chi connectivity index (χ2v) is 6.23. The van der Waals surface area contributed by atoms with Gasteiger partial charge in [-0.2, -0.15) is 0 Å².